The SMILES string of the molecule is O=C(NCc1ccco1)c1nc(C(=O)Nc2ccccc2Cl)n2c1CCCC2. The van der Waals surface area contributed by atoms with E-state index in [1.807, 2.05) is 4.57 Å². The number of aromatic nitrogens is 2. The molecule has 2 aromatic heterocycles. The Morgan fingerprint density at radius 2 is 2.00 bits per heavy atom. The van der Waals surface area contributed by atoms with Crippen LogP contribution in [0.15, 0.2) is 47.1 Å². The van der Waals surface area contributed by atoms with Crippen LogP contribution in [0.3, 0.4) is 0 Å². The predicted molar refractivity (Wildman–Crippen MR) is 104 cm³/mol. The summed E-state index contributed by atoms with van der Waals surface area (Å²) in [6.07, 6.45) is 4.14. The molecule has 2 N–H and O–H groups in total. The topological polar surface area (TPSA) is 89.2 Å². The van der Waals surface area contributed by atoms with E-state index in [1.54, 1.807) is 42.7 Å². The van der Waals surface area contributed by atoms with Gasteiger partial charge in [-0.2, -0.15) is 0 Å². The fourth-order valence-corrected chi connectivity index (χ4v) is 3.49. The standard InChI is InChI=1S/C20H19ClN4O3/c21-14-7-1-2-8-15(14)23-20(27)18-24-17(16-9-3-4-10-25(16)18)19(26)22-12-13-6-5-11-28-13/h1-2,5-8,11H,3-4,9-10,12H2,(H,22,26)(H,23,27). The van der Waals surface area contributed by atoms with Crippen LogP contribution in [0.2, 0.25) is 5.02 Å². The van der Waals surface area contributed by atoms with E-state index in [0.717, 1.165) is 18.5 Å². The zero-order chi connectivity index (χ0) is 19.5. The Labute approximate surface area is 166 Å². The summed E-state index contributed by atoms with van der Waals surface area (Å²) in [5.41, 5.74) is 1.58. The van der Waals surface area contributed by atoms with Gasteiger partial charge in [-0.25, -0.2) is 4.98 Å². The zero-order valence-corrected chi connectivity index (χ0v) is 15.8. The minimum Gasteiger partial charge on any atom is -0.467 e. The van der Waals surface area contributed by atoms with Crippen molar-refractivity contribution in [1.82, 2.24) is 14.9 Å². The molecule has 3 aromatic rings. The van der Waals surface area contributed by atoms with Crippen LogP contribution in [0.1, 0.15) is 45.4 Å². The minimum atomic E-state index is -0.388. The van der Waals surface area contributed by atoms with Crippen molar-refractivity contribution >= 4 is 29.1 Å². The molecule has 1 aliphatic heterocycles. The molecule has 7 nitrogen and oxygen atoms in total. The molecule has 3 heterocycles. The van der Waals surface area contributed by atoms with E-state index in [2.05, 4.69) is 15.6 Å². The van der Waals surface area contributed by atoms with Crippen LogP contribution in [-0.2, 0) is 19.5 Å². The average molecular weight is 399 g/mol. The van der Waals surface area contributed by atoms with Crippen LogP contribution in [0.4, 0.5) is 5.69 Å². The highest BCUT2D eigenvalue weighted by Crippen LogP contribution is 2.24. The smallest absolute Gasteiger partial charge is 0.291 e. The second-order valence-electron chi connectivity index (χ2n) is 6.54. The van der Waals surface area contributed by atoms with Crippen molar-refractivity contribution in [2.45, 2.75) is 32.4 Å². The van der Waals surface area contributed by atoms with E-state index in [9.17, 15) is 9.59 Å². The van der Waals surface area contributed by atoms with E-state index in [4.69, 9.17) is 16.0 Å². The molecule has 144 valence electrons. The first-order valence-corrected chi connectivity index (χ1v) is 9.47. The van der Waals surface area contributed by atoms with Crippen LogP contribution in [0, 0.1) is 0 Å². The Bertz CT molecular complexity index is 1010. The summed E-state index contributed by atoms with van der Waals surface area (Å²) in [4.78, 5) is 29.9. The van der Waals surface area contributed by atoms with Gasteiger partial charge in [0.05, 0.1) is 29.2 Å². The predicted octanol–water partition coefficient (Wildman–Crippen LogP) is 3.65. The van der Waals surface area contributed by atoms with Crippen molar-refractivity contribution in [3.05, 3.63) is 70.7 Å². The summed E-state index contributed by atoms with van der Waals surface area (Å²) < 4.78 is 7.07. The maximum atomic E-state index is 12.8. The number of hydrogen-bond donors (Lipinski definition) is 2. The molecule has 2 amide bonds. The summed E-state index contributed by atoms with van der Waals surface area (Å²) in [5, 5.41) is 6.03. The van der Waals surface area contributed by atoms with Gasteiger partial charge in [0.15, 0.2) is 5.82 Å². The van der Waals surface area contributed by atoms with Gasteiger partial charge in [-0.3, -0.25) is 9.59 Å². The molecule has 0 saturated heterocycles. The third kappa shape index (κ3) is 3.66. The molecular formula is C20H19ClN4O3. The van der Waals surface area contributed by atoms with Gasteiger partial charge >= 0.3 is 0 Å². The van der Waals surface area contributed by atoms with Gasteiger partial charge in [-0.1, -0.05) is 23.7 Å². The molecule has 1 aromatic carbocycles. The van der Waals surface area contributed by atoms with Crippen LogP contribution < -0.4 is 10.6 Å². The molecule has 0 fully saturated rings. The summed E-state index contributed by atoms with van der Waals surface area (Å²) in [5.74, 6) is 0.163. The first-order valence-electron chi connectivity index (χ1n) is 9.09. The second-order valence-corrected chi connectivity index (χ2v) is 6.94. The zero-order valence-electron chi connectivity index (χ0n) is 15.1. The third-order valence-corrected chi connectivity index (χ3v) is 4.99. The Morgan fingerprint density at radius 1 is 1.14 bits per heavy atom. The number of anilines is 1. The van der Waals surface area contributed by atoms with Gasteiger partial charge in [0.25, 0.3) is 11.8 Å². The number of fused-ring (bicyclic) bond motifs is 1. The number of nitrogens with one attached hydrogen (secondary N) is 2. The largest absolute Gasteiger partial charge is 0.467 e. The van der Waals surface area contributed by atoms with Crippen molar-refractivity contribution in [2.75, 3.05) is 5.32 Å². The molecule has 0 radical (unpaired) electrons. The highest BCUT2D eigenvalue weighted by atomic mass is 35.5. The molecule has 4 rings (SSSR count). The highest BCUT2D eigenvalue weighted by Gasteiger charge is 2.27. The molecule has 0 unspecified atom stereocenters. The first kappa shape index (κ1) is 18.3. The molecule has 1 aliphatic rings. The molecule has 0 atom stereocenters. The van der Waals surface area contributed by atoms with E-state index >= 15 is 0 Å². The van der Waals surface area contributed by atoms with E-state index in [0.29, 0.717) is 29.4 Å². The van der Waals surface area contributed by atoms with Crippen molar-refractivity contribution in [1.29, 1.82) is 0 Å². The van der Waals surface area contributed by atoms with Crippen LogP contribution in [0.5, 0.6) is 0 Å². The number of rotatable bonds is 5. The number of para-hydroxylation sites is 1. The monoisotopic (exact) mass is 398 g/mol. The molecule has 0 aliphatic carbocycles. The summed E-state index contributed by atoms with van der Waals surface area (Å²) in [6.45, 7) is 0.915. The summed E-state index contributed by atoms with van der Waals surface area (Å²) in [6, 6.07) is 10.5. The lowest BCUT2D eigenvalue weighted by Crippen LogP contribution is -2.25. The van der Waals surface area contributed by atoms with Crippen LogP contribution >= 0.6 is 11.6 Å². The van der Waals surface area contributed by atoms with Gasteiger partial charge in [0, 0.05) is 6.54 Å². The number of carbonyl (C=O) groups is 2. The molecular weight excluding hydrogens is 380 g/mol. The lowest BCUT2D eigenvalue weighted by Gasteiger charge is -2.17. The lowest BCUT2D eigenvalue weighted by atomic mass is 10.1. The normalized spacial score (nSPS) is 13.0. The number of imidazole rings is 1. The fourth-order valence-electron chi connectivity index (χ4n) is 3.30. The Balaban J connectivity index is 1.58. The average Bonchev–Trinajstić information content (AvgIpc) is 3.36. The van der Waals surface area contributed by atoms with E-state index in [1.165, 1.54) is 0 Å². The maximum absolute atomic E-state index is 12.8. The number of furan rings is 1. The van der Waals surface area contributed by atoms with Gasteiger partial charge in [0.1, 0.15) is 11.5 Å². The second kappa shape index (κ2) is 7.90. The van der Waals surface area contributed by atoms with Crippen LogP contribution in [-0.4, -0.2) is 21.4 Å². The molecule has 0 bridgehead atoms. The van der Waals surface area contributed by atoms with E-state index in [-0.39, 0.29) is 29.9 Å². The number of carbonyl (C=O) groups excluding carboxylic acids is 2. The third-order valence-electron chi connectivity index (χ3n) is 4.66. The Morgan fingerprint density at radius 3 is 2.79 bits per heavy atom. The molecule has 0 spiro atoms. The number of benzene rings is 1. The number of nitrogens with zero attached hydrogens (tertiary/aromatic N) is 2. The van der Waals surface area contributed by atoms with Crippen molar-refractivity contribution in [2.24, 2.45) is 0 Å². The Kier molecular flexibility index (Phi) is 5.16. The number of halogens is 1. The fraction of sp³-hybridized carbons (Fsp3) is 0.250. The van der Waals surface area contributed by atoms with Gasteiger partial charge in [-0.15, -0.1) is 0 Å². The molecule has 8 heteroatoms. The lowest BCUT2D eigenvalue weighted by molar-refractivity contribution is 0.0942. The number of hydrogen-bond acceptors (Lipinski definition) is 4. The summed E-state index contributed by atoms with van der Waals surface area (Å²) >= 11 is 6.13. The van der Waals surface area contributed by atoms with Gasteiger partial charge in [0.2, 0.25) is 0 Å². The van der Waals surface area contributed by atoms with Crippen LogP contribution in [0.25, 0.3) is 0 Å². The molecule has 28 heavy (non-hydrogen) atoms. The minimum absolute atomic E-state index is 0.220. The van der Waals surface area contributed by atoms with Crippen molar-refractivity contribution < 1.29 is 14.0 Å². The quantitative estimate of drug-likeness (QED) is 0.686. The molecule has 0 saturated carbocycles. The number of amides is 2. The summed E-state index contributed by atoms with van der Waals surface area (Å²) in [7, 11) is 0. The Hall–Kier alpha value is -3.06. The maximum Gasteiger partial charge on any atom is 0.291 e. The highest BCUT2D eigenvalue weighted by molar-refractivity contribution is 6.33. The van der Waals surface area contributed by atoms with Crippen molar-refractivity contribution in [3.8, 4) is 0 Å². The first-order chi connectivity index (χ1) is 13.6. The van der Waals surface area contributed by atoms with Crippen molar-refractivity contribution in [3.63, 3.8) is 0 Å². The van der Waals surface area contributed by atoms with E-state index < -0.39 is 0 Å². The van der Waals surface area contributed by atoms with Gasteiger partial charge < -0.3 is 19.6 Å². The van der Waals surface area contributed by atoms with Gasteiger partial charge in [-0.05, 0) is 43.5 Å².